The number of benzene rings is 2. The average molecular weight is 377 g/mol. The third-order valence-corrected chi connectivity index (χ3v) is 7.26. The van der Waals surface area contributed by atoms with Crippen molar-refractivity contribution in [3.05, 3.63) is 59.7 Å². The number of fused-ring (bicyclic) bond motifs is 6. The summed E-state index contributed by atoms with van der Waals surface area (Å²) in [5.41, 5.74) is 4.38. The molecule has 4 nitrogen and oxygen atoms in total. The van der Waals surface area contributed by atoms with Gasteiger partial charge in [-0.25, -0.2) is 4.79 Å². The summed E-state index contributed by atoms with van der Waals surface area (Å²) in [7, 11) is 0. The van der Waals surface area contributed by atoms with Gasteiger partial charge in [-0.15, -0.1) is 0 Å². The zero-order valence-electron chi connectivity index (χ0n) is 16.1. The number of aliphatic hydroxyl groups excluding tert-OH is 1. The average Bonchev–Trinajstić information content (AvgIpc) is 3.07. The van der Waals surface area contributed by atoms with Gasteiger partial charge in [-0.05, 0) is 53.4 Å². The van der Waals surface area contributed by atoms with Crippen molar-refractivity contribution in [2.24, 2.45) is 11.8 Å². The maximum Gasteiger partial charge on any atom is 0.407 e. The van der Waals surface area contributed by atoms with Crippen LogP contribution >= 0.6 is 0 Å². The maximum absolute atomic E-state index is 12.7. The number of carbonyl (C=O) groups excluding carboxylic acids is 1. The molecule has 0 heterocycles. The summed E-state index contributed by atoms with van der Waals surface area (Å²) in [4.78, 5) is 12.7. The maximum atomic E-state index is 12.7. The Balaban J connectivity index is 1.31. The predicted octanol–water partition coefficient (Wildman–Crippen LogP) is 4.47. The monoisotopic (exact) mass is 377 g/mol. The number of ether oxygens (including phenoxy) is 1. The van der Waals surface area contributed by atoms with E-state index in [1.54, 1.807) is 0 Å². The van der Waals surface area contributed by atoms with Crippen molar-refractivity contribution >= 4 is 6.09 Å². The van der Waals surface area contributed by atoms with Gasteiger partial charge in [0.05, 0.1) is 12.1 Å². The molecule has 2 aromatic rings. The summed E-state index contributed by atoms with van der Waals surface area (Å²) in [6, 6.07) is 16.7. The molecule has 1 atom stereocenters. The van der Waals surface area contributed by atoms with Crippen molar-refractivity contribution in [2.45, 2.75) is 43.6 Å². The lowest BCUT2D eigenvalue weighted by Crippen LogP contribution is -2.61. The van der Waals surface area contributed by atoms with Gasteiger partial charge >= 0.3 is 6.09 Å². The number of amides is 1. The molecule has 0 aromatic heterocycles. The fourth-order valence-corrected chi connectivity index (χ4v) is 5.82. The van der Waals surface area contributed by atoms with E-state index in [-0.39, 0.29) is 12.5 Å². The molecule has 146 valence electrons. The van der Waals surface area contributed by atoms with E-state index in [4.69, 9.17) is 4.74 Å². The van der Waals surface area contributed by atoms with Crippen LogP contribution < -0.4 is 5.32 Å². The number of aliphatic hydroxyl groups is 1. The number of hydrogen-bond donors (Lipinski definition) is 2. The Bertz CT molecular complexity index is 841. The lowest BCUT2D eigenvalue weighted by atomic mass is 9.60. The normalized spacial score (nSPS) is 27.9. The van der Waals surface area contributed by atoms with Gasteiger partial charge in [0.15, 0.2) is 0 Å². The second-order valence-electron chi connectivity index (χ2n) is 8.69. The molecule has 6 rings (SSSR count). The van der Waals surface area contributed by atoms with Crippen molar-refractivity contribution in [2.75, 3.05) is 13.2 Å². The number of hydrogen-bond acceptors (Lipinski definition) is 3. The molecular formula is C24H27NO3. The molecule has 4 heteroatoms. The largest absolute Gasteiger partial charge is 0.449 e. The van der Waals surface area contributed by atoms with Gasteiger partial charge in [0, 0.05) is 5.92 Å². The second-order valence-corrected chi connectivity index (χ2v) is 8.69. The minimum atomic E-state index is -0.496. The zero-order chi connectivity index (χ0) is 19.1. The van der Waals surface area contributed by atoms with Crippen LogP contribution in [0.25, 0.3) is 11.1 Å². The molecule has 28 heavy (non-hydrogen) atoms. The Kier molecular flexibility index (Phi) is 4.39. The van der Waals surface area contributed by atoms with Crippen molar-refractivity contribution in [1.82, 2.24) is 5.32 Å². The molecule has 0 radical (unpaired) electrons. The highest BCUT2D eigenvalue weighted by Gasteiger charge is 2.48. The van der Waals surface area contributed by atoms with Gasteiger partial charge in [0.1, 0.15) is 6.61 Å². The Morgan fingerprint density at radius 1 is 1.00 bits per heavy atom. The Morgan fingerprint density at radius 2 is 1.61 bits per heavy atom. The molecule has 3 saturated carbocycles. The Labute approximate surface area is 165 Å². The summed E-state index contributed by atoms with van der Waals surface area (Å²) < 4.78 is 5.72. The van der Waals surface area contributed by atoms with E-state index in [2.05, 4.69) is 41.7 Å². The molecular weight excluding hydrogens is 350 g/mol. The molecule has 0 aliphatic heterocycles. The topological polar surface area (TPSA) is 58.6 Å². The van der Waals surface area contributed by atoms with E-state index in [0.717, 1.165) is 19.3 Å². The molecule has 0 saturated heterocycles. The van der Waals surface area contributed by atoms with Gasteiger partial charge in [0.2, 0.25) is 0 Å². The minimum absolute atomic E-state index is 0.00162. The smallest absolute Gasteiger partial charge is 0.407 e. The fraction of sp³-hybridized carbons (Fsp3) is 0.458. The van der Waals surface area contributed by atoms with Crippen LogP contribution in [-0.4, -0.2) is 30.0 Å². The summed E-state index contributed by atoms with van der Waals surface area (Å²) in [6.07, 6.45) is 5.10. The predicted molar refractivity (Wildman–Crippen MR) is 108 cm³/mol. The lowest BCUT2D eigenvalue weighted by Gasteiger charge is -2.50. The molecule has 3 fully saturated rings. The van der Waals surface area contributed by atoms with Gasteiger partial charge in [-0.3, -0.25) is 0 Å². The molecule has 2 N–H and O–H groups in total. The fourth-order valence-electron chi connectivity index (χ4n) is 5.82. The van der Waals surface area contributed by atoms with E-state index in [1.165, 1.54) is 35.1 Å². The lowest BCUT2D eigenvalue weighted by molar-refractivity contribution is -0.00129. The van der Waals surface area contributed by atoms with Gasteiger partial charge in [0.25, 0.3) is 0 Å². The van der Waals surface area contributed by atoms with Crippen LogP contribution in [0.5, 0.6) is 0 Å². The first-order chi connectivity index (χ1) is 13.7. The molecule has 2 bridgehead atoms. The summed E-state index contributed by atoms with van der Waals surface area (Å²) in [6.45, 7) is 0.313. The van der Waals surface area contributed by atoms with Crippen LogP contribution in [0.4, 0.5) is 4.79 Å². The van der Waals surface area contributed by atoms with Crippen molar-refractivity contribution < 1.29 is 14.6 Å². The van der Waals surface area contributed by atoms with Crippen LogP contribution in [0.1, 0.15) is 49.1 Å². The quantitative estimate of drug-likeness (QED) is 0.827. The first-order valence-electron chi connectivity index (χ1n) is 10.4. The Morgan fingerprint density at radius 3 is 2.14 bits per heavy atom. The molecule has 2 aromatic carbocycles. The molecule has 1 amide bonds. The van der Waals surface area contributed by atoms with Gasteiger partial charge in [-0.1, -0.05) is 61.4 Å². The van der Waals surface area contributed by atoms with Crippen LogP contribution in [0.3, 0.4) is 0 Å². The van der Waals surface area contributed by atoms with E-state index in [1.807, 2.05) is 12.1 Å². The highest BCUT2D eigenvalue weighted by atomic mass is 16.5. The zero-order valence-corrected chi connectivity index (χ0v) is 16.1. The van der Waals surface area contributed by atoms with Crippen molar-refractivity contribution in [3.63, 3.8) is 0 Å². The molecule has 1 unspecified atom stereocenters. The van der Waals surface area contributed by atoms with Crippen LogP contribution in [-0.2, 0) is 4.74 Å². The highest BCUT2D eigenvalue weighted by Crippen LogP contribution is 2.47. The van der Waals surface area contributed by atoms with Crippen molar-refractivity contribution in [3.8, 4) is 11.1 Å². The van der Waals surface area contributed by atoms with E-state index in [0.29, 0.717) is 18.4 Å². The molecule has 4 aliphatic carbocycles. The second kappa shape index (κ2) is 6.93. The van der Waals surface area contributed by atoms with Crippen LogP contribution in [0.2, 0.25) is 0 Å². The number of nitrogens with one attached hydrogen (secondary N) is 1. The summed E-state index contributed by atoms with van der Waals surface area (Å²) >= 11 is 0. The number of alkyl carbamates (subject to hydrolysis) is 1. The third kappa shape index (κ3) is 2.82. The number of carbonyl (C=O) groups is 1. The Hall–Kier alpha value is -2.33. The van der Waals surface area contributed by atoms with Gasteiger partial charge < -0.3 is 15.2 Å². The van der Waals surface area contributed by atoms with E-state index < -0.39 is 11.6 Å². The molecule has 4 aliphatic rings. The molecule has 0 spiro atoms. The SMILES string of the molecule is O=C(NC1(CO)CC2CCC1CC2)OCC1c2ccccc2-c2ccccc21. The van der Waals surface area contributed by atoms with E-state index >= 15 is 0 Å². The van der Waals surface area contributed by atoms with Crippen molar-refractivity contribution in [1.29, 1.82) is 0 Å². The minimum Gasteiger partial charge on any atom is -0.449 e. The van der Waals surface area contributed by atoms with Crippen LogP contribution in [0.15, 0.2) is 48.5 Å². The standard InChI is InChI=1S/C24H27NO3/c26-15-24(13-16-9-11-17(24)12-10-16)25-23(27)28-14-22-20-7-3-1-5-18(20)19-6-2-4-8-21(19)22/h1-8,16-17,22,26H,9-15H2,(H,25,27). The van der Waals surface area contributed by atoms with Crippen LogP contribution in [0, 0.1) is 11.8 Å². The third-order valence-electron chi connectivity index (χ3n) is 7.26. The number of rotatable bonds is 4. The summed E-state index contributed by atoms with van der Waals surface area (Å²) in [5.74, 6) is 1.04. The summed E-state index contributed by atoms with van der Waals surface area (Å²) in [5, 5.41) is 13.2. The first-order valence-corrected chi connectivity index (χ1v) is 10.4. The van der Waals surface area contributed by atoms with E-state index in [9.17, 15) is 9.90 Å². The highest BCUT2D eigenvalue weighted by molar-refractivity contribution is 5.79. The first kappa shape index (κ1) is 17.7. The van der Waals surface area contributed by atoms with Gasteiger partial charge in [-0.2, -0.15) is 0 Å².